The average Bonchev–Trinajstić information content (AvgIpc) is 2.24. The molecule has 1 rings (SSSR count). The van der Waals surface area contributed by atoms with Crippen LogP contribution in [0.1, 0.15) is 19.8 Å². The fourth-order valence-electron chi connectivity index (χ4n) is 1.51. The van der Waals surface area contributed by atoms with Gasteiger partial charge in [-0.05, 0) is 24.8 Å². The van der Waals surface area contributed by atoms with Crippen LogP contribution in [-0.4, -0.2) is 22.2 Å². The van der Waals surface area contributed by atoms with Gasteiger partial charge in [-0.25, -0.2) is 0 Å². The van der Waals surface area contributed by atoms with Crippen LogP contribution in [0.2, 0.25) is 0 Å². The van der Waals surface area contributed by atoms with Gasteiger partial charge >= 0.3 is 41.5 Å². The molecule has 1 aromatic carbocycles. The van der Waals surface area contributed by atoms with Gasteiger partial charge in [0.05, 0.1) is 0 Å². The van der Waals surface area contributed by atoms with E-state index >= 15 is 0 Å². The minimum absolute atomic E-state index is 0. The number of carboxylic acids is 2. The van der Waals surface area contributed by atoms with Crippen molar-refractivity contribution in [3.8, 4) is 0 Å². The molecule has 0 spiro atoms. The van der Waals surface area contributed by atoms with Crippen molar-refractivity contribution in [2.24, 2.45) is 5.92 Å². The number of hydrogen-bond acceptors (Lipinski definition) is 2. The van der Waals surface area contributed by atoms with E-state index in [2.05, 4.69) is 0 Å². The Bertz CT molecular complexity index is 356. The van der Waals surface area contributed by atoms with E-state index in [4.69, 9.17) is 10.2 Å². The predicted octanol–water partition coefficient (Wildman–Crippen LogP) is -1.09. The van der Waals surface area contributed by atoms with Crippen LogP contribution in [-0.2, 0) is 16.0 Å². The summed E-state index contributed by atoms with van der Waals surface area (Å²) in [6.45, 7) is 0. The van der Waals surface area contributed by atoms with E-state index in [9.17, 15) is 9.59 Å². The van der Waals surface area contributed by atoms with Gasteiger partial charge in [0.25, 0.3) is 0 Å². The molecule has 0 unspecified atom stereocenters. The summed E-state index contributed by atoms with van der Waals surface area (Å²) in [4.78, 5) is 21.2. The number of hydrogen-bond donors (Lipinski definition) is 2. The molecule has 0 aliphatic heterocycles. The Morgan fingerprint density at radius 2 is 1.65 bits per heavy atom. The van der Waals surface area contributed by atoms with Crippen LogP contribution in [0.4, 0.5) is 0 Å². The van der Waals surface area contributed by atoms with Crippen molar-refractivity contribution >= 4 is 11.9 Å². The molecule has 17 heavy (non-hydrogen) atoms. The quantitative estimate of drug-likeness (QED) is 0.494. The van der Waals surface area contributed by atoms with E-state index in [0.29, 0.717) is 12.8 Å². The maximum absolute atomic E-state index is 10.6. The van der Waals surface area contributed by atoms with Gasteiger partial charge in [-0.1, -0.05) is 30.3 Å². The first kappa shape index (κ1) is 16.2. The number of carbonyl (C=O) groups is 2. The zero-order valence-electron chi connectivity index (χ0n) is 10.8. The smallest absolute Gasteiger partial charge is 1.00 e. The van der Waals surface area contributed by atoms with E-state index < -0.39 is 17.9 Å². The number of benzene rings is 1. The predicted molar refractivity (Wildman–Crippen MR) is 59.3 cm³/mol. The molecular weight excluding hydrogens is 231 g/mol. The third-order valence-corrected chi connectivity index (χ3v) is 2.40. The van der Waals surface area contributed by atoms with Gasteiger partial charge < -0.3 is 11.6 Å². The molecular formula is C12H15NaO4. The first-order valence-corrected chi connectivity index (χ1v) is 5.11. The molecule has 1 aromatic rings. The Labute approximate surface area is 123 Å². The second-order valence-corrected chi connectivity index (χ2v) is 3.61. The van der Waals surface area contributed by atoms with Gasteiger partial charge in [-0.15, -0.1) is 0 Å². The van der Waals surface area contributed by atoms with Crippen molar-refractivity contribution in [3.63, 3.8) is 0 Å². The Morgan fingerprint density at radius 3 is 2.12 bits per heavy atom. The Hall–Kier alpha value is -0.840. The van der Waals surface area contributed by atoms with Crippen LogP contribution in [0.25, 0.3) is 0 Å². The second-order valence-electron chi connectivity index (χ2n) is 3.61. The number of rotatable bonds is 6. The summed E-state index contributed by atoms with van der Waals surface area (Å²) in [6.07, 6.45) is 1.44. The first-order chi connectivity index (χ1) is 7.61. The summed E-state index contributed by atoms with van der Waals surface area (Å²) in [5, 5.41) is 17.3. The van der Waals surface area contributed by atoms with Gasteiger partial charge in [0, 0.05) is 0 Å². The third kappa shape index (κ3) is 5.86. The van der Waals surface area contributed by atoms with Gasteiger partial charge in [0.15, 0.2) is 5.92 Å². The maximum atomic E-state index is 10.6. The molecule has 2 N–H and O–H groups in total. The molecule has 0 aliphatic rings. The molecule has 0 fully saturated rings. The molecule has 4 nitrogen and oxygen atoms in total. The fourth-order valence-corrected chi connectivity index (χ4v) is 1.51. The fraction of sp³-hybridized carbons (Fsp3) is 0.333. The largest absolute Gasteiger partial charge is 1.00 e. The van der Waals surface area contributed by atoms with E-state index in [-0.39, 0.29) is 37.4 Å². The molecule has 5 heteroatoms. The molecule has 0 saturated heterocycles. The Kier molecular flexibility index (Phi) is 7.87. The molecule has 0 heterocycles. The van der Waals surface area contributed by atoms with Crippen LogP contribution in [0.3, 0.4) is 0 Å². The van der Waals surface area contributed by atoms with Crippen molar-refractivity contribution in [1.29, 1.82) is 0 Å². The monoisotopic (exact) mass is 246 g/mol. The van der Waals surface area contributed by atoms with Crippen molar-refractivity contribution in [2.45, 2.75) is 19.3 Å². The van der Waals surface area contributed by atoms with Crippen LogP contribution in [0.5, 0.6) is 0 Å². The Morgan fingerprint density at radius 1 is 1.12 bits per heavy atom. The normalized spacial score (nSPS) is 9.71. The van der Waals surface area contributed by atoms with E-state index in [0.717, 1.165) is 5.56 Å². The topological polar surface area (TPSA) is 74.6 Å². The van der Waals surface area contributed by atoms with E-state index in [1.807, 2.05) is 30.3 Å². The SMILES string of the molecule is O=C(O)C(CCCc1ccccc1)C(=O)O.[H-].[Na+]. The number of carboxylic acid groups (broad SMARTS) is 2. The zero-order chi connectivity index (χ0) is 12.0. The van der Waals surface area contributed by atoms with Crippen LogP contribution < -0.4 is 29.6 Å². The summed E-state index contributed by atoms with van der Waals surface area (Å²) < 4.78 is 0. The summed E-state index contributed by atoms with van der Waals surface area (Å²) in [5.74, 6) is -3.81. The third-order valence-electron chi connectivity index (χ3n) is 2.40. The molecule has 0 bridgehead atoms. The molecule has 0 saturated carbocycles. The van der Waals surface area contributed by atoms with Gasteiger partial charge in [0.2, 0.25) is 0 Å². The van der Waals surface area contributed by atoms with E-state index in [1.54, 1.807) is 0 Å². The van der Waals surface area contributed by atoms with Crippen molar-refractivity contribution in [1.82, 2.24) is 0 Å². The summed E-state index contributed by atoms with van der Waals surface area (Å²) >= 11 is 0. The average molecular weight is 246 g/mol. The van der Waals surface area contributed by atoms with Gasteiger partial charge in [-0.2, -0.15) is 0 Å². The first-order valence-electron chi connectivity index (χ1n) is 5.11. The number of aryl methyl sites for hydroxylation is 1. The molecule has 0 aliphatic carbocycles. The maximum Gasteiger partial charge on any atom is 1.00 e. The summed E-state index contributed by atoms with van der Waals surface area (Å²) in [5.41, 5.74) is 1.09. The Balaban J connectivity index is 0. The van der Waals surface area contributed by atoms with Crippen molar-refractivity contribution < 1.29 is 50.8 Å². The molecule has 0 amide bonds. The summed E-state index contributed by atoms with van der Waals surface area (Å²) in [7, 11) is 0. The van der Waals surface area contributed by atoms with Gasteiger partial charge in [-0.3, -0.25) is 9.59 Å². The second kappa shape index (κ2) is 8.28. The van der Waals surface area contributed by atoms with Crippen molar-refractivity contribution in [2.75, 3.05) is 0 Å². The molecule has 0 atom stereocenters. The van der Waals surface area contributed by atoms with Gasteiger partial charge in [0.1, 0.15) is 0 Å². The van der Waals surface area contributed by atoms with E-state index in [1.165, 1.54) is 0 Å². The standard InChI is InChI=1S/C12H14O4.Na.H/c13-11(14)10(12(15)16)8-4-7-9-5-2-1-3-6-9;;/h1-3,5-6,10H,4,7-8H2,(H,13,14)(H,15,16);;/q;+1;-1. The minimum Gasteiger partial charge on any atom is -1.00 e. The zero-order valence-corrected chi connectivity index (χ0v) is 11.8. The summed E-state index contributed by atoms with van der Waals surface area (Å²) in [6, 6.07) is 9.59. The van der Waals surface area contributed by atoms with Crippen LogP contribution in [0.15, 0.2) is 30.3 Å². The molecule has 0 radical (unpaired) electrons. The van der Waals surface area contributed by atoms with Crippen LogP contribution >= 0.6 is 0 Å². The van der Waals surface area contributed by atoms with Crippen molar-refractivity contribution in [3.05, 3.63) is 35.9 Å². The van der Waals surface area contributed by atoms with Crippen LogP contribution in [0, 0.1) is 5.92 Å². The number of aliphatic carboxylic acids is 2. The minimum atomic E-state index is -1.29. The molecule has 88 valence electrons. The molecule has 0 aromatic heterocycles.